The highest BCUT2D eigenvalue weighted by molar-refractivity contribution is 8.00. The Balaban J connectivity index is 2.47. The van der Waals surface area contributed by atoms with E-state index in [4.69, 9.17) is 4.74 Å². The van der Waals surface area contributed by atoms with E-state index in [0.717, 1.165) is 0 Å². The molecule has 20 heavy (non-hydrogen) atoms. The maximum atomic E-state index is 12.6. The first kappa shape index (κ1) is 14.3. The van der Waals surface area contributed by atoms with Crippen molar-refractivity contribution in [1.29, 1.82) is 0 Å². The number of ether oxygens (including phenoxy) is 1. The van der Waals surface area contributed by atoms with Gasteiger partial charge in [0, 0.05) is 0 Å². The molecular weight excluding hydrogens is 272 g/mol. The minimum atomic E-state index is -3.50. The fourth-order valence-corrected chi connectivity index (χ4v) is 3.48. The molecule has 0 spiro atoms. The molecule has 2 aromatic rings. The van der Waals surface area contributed by atoms with E-state index in [1.807, 2.05) is 0 Å². The Hall–Kier alpha value is -2.07. The summed E-state index contributed by atoms with van der Waals surface area (Å²) < 4.78 is 30.3. The molecule has 0 heterocycles. The summed E-state index contributed by atoms with van der Waals surface area (Å²) in [5.74, 6) is 0.696. The van der Waals surface area contributed by atoms with Gasteiger partial charge in [0.15, 0.2) is 0 Å². The third kappa shape index (κ3) is 2.75. The number of benzene rings is 2. The van der Waals surface area contributed by atoms with Crippen molar-refractivity contribution >= 4 is 14.7 Å². The maximum Gasteiger partial charge on any atom is 0.206 e. The summed E-state index contributed by atoms with van der Waals surface area (Å²) in [5, 5.41) is 0. The van der Waals surface area contributed by atoms with Gasteiger partial charge in [-0.05, 0) is 48.9 Å². The minimum Gasteiger partial charge on any atom is -0.497 e. The van der Waals surface area contributed by atoms with Gasteiger partial charge in [0.05, 0.1) is 16.9 Å². The zero-order valence-electron chi connectivity index (χ0n) is 11.4. The highest BCUT2D eigenvalue weighted by Gasteiger charge is 2.21. The first-order valence-electron chi connectivity index (χ1n) is 6.20. The van der Waals surface area contributed by atoms with Crippen molar-refractivity contribution in [3.63, 3.8) is 0 Å². The Morgan fingerprint density at radius 1 is 1.00 bits per heavy atom. The molecule has 0 aliphatic heterocycles. The SMILES string of the molecule is C/C=C(\c1ccc(OC)cc1)S(=O)(=O)c1ccccc1. The van der Waals surface area contributed by atoms with Gasteiger partial charge in [-0.25, -0.2) is 8.42 Å². The molecule has 0 atom stereocenters. The van der Waals surface area contributed by atoms with Crippen molar-refractivity contribution in [2.75, 3.05) is 7.11 Å². The highest BCUT2D eigenvalue weighted by atomic mass is 32.2. The van der Waals surface area contributed by atoms with Gasteiger partial charge in [0.2, 0.25) is 9.84 Å². The van der Waals surface area contributed by atoms with Crippen molar-refractivity contribution in [3.05, 3.63) is 66.2 Å². The second-order valence-electron chi connectivity index (χ2n) is 4.20. The third-order valence-electron chi connectivity index (χ3n) is 2.98. The zero-order chi connectivity index (χ0) is 14.6. The summed E-state index contributed by atoms with van der Waals surface area (Å²) in [6, 6.07) is 15.4. The molecule has 4 heteroatoms. The molecule has 0 amide bonds. The summed E-state index contributed by atoms with van der Waals surface area (Å²) in [6.07, 6.45) is 1.62. The molecule has 3 nitrogen and oxygen atoms in total. The molecule has 0 saturated carbocycles. The van der Waals surface area contributed by atoms with E-state index >= 15 is 0 Å². The van der Waals surface area contributed by atoms with Gasteiger partial charge in [0.25, 0.3) is 0 Å². The average Bonchev–Trinajstić information content (AvgIpc) is 2.49. The fraction of sp³-hybridized carbons (Fsp3) is 0.125. The van der Waals surface area contributed by atoms with E-state index in [1.165, 1.54) is 0 Å². The predicted octanol–water partition coefficient (Wildman–Crippen LogP) is 3.53. The van der Waals surface area contributed by atoms with E-state index in [1.54, 1.807) is 74.7 Å². The van der Waals surface area contributed by atoms with Crippen LogP contribution in [0.15, 0.2) is 65.6 Å². The van der Waals surface area contributed by atoms with Crippen molar-refractivity contribution in [3.8, 4) is 5.75 Å². The topological polar surface area (TPSA) is 43.4 Å². The van der Waals surface area contributed by atoms with Gasteiger partial charge in [0.1, 0.15) is 5.75 Å². The van der Waals surface area contributed by atoms with Crippen LogP contribution >= 0.6 is 0 Å². The molecule has 104 valence electrons. The monoisotopic (exact) mass is 288 g/mol. The number of rotatable bonds is 4. The lowest BCUT2D eigenvalue weighted by Gasteiger charge is -2.10. The number of methoxy groups -OCH3 is 1. The largest absolute Gasteiger partial charge is 0.497 e. The normalized spacial score (nSPS) is 12.2. The minimum absolute atomic E-state index is 0.295. The summed E-state index contributed by atoms with van der Waals surface area (Å²) in [4.78, 5) is 0.593. The van der Waals surface area contributed by atoms with Crippen molar-refractivity contribution in [2.45, 2.75) is 11.8 Å². The van der Waals surface area contributed by atoms with Crippen LogP contribution in [0.3, 0.4) is 0 Å². The van der Waals surface area contributed by atoms with Crippen LogP contribution in [0.5, 0.6) is 5.75 Å². The van der Waals surface area contributed by atoms with Crippen molar-refractivity contribution in [1.82, 2.24) is 0 Å². The Morgan fingerprint density at radius 2 is 1.60 bits per heavy atom. The zero-order valence-corrected chi connectivity index (χ0v) is 12.2. The summed E-state index contributed by atoms with van der Waals surface area (Å²) in [6.45, 7) is 1.72. The highest BCUT2D eigenvalue weighted by Crippen LogP contribution is 2.28. The molecule has 0 unspecified atom stereocenters. The molecule has 0 aromatic heterocycles. The second kappa shape index (κ2) is 5.92. The smallest absolute Gasteiger partial charge is 0.206 e. The van der Waals surface area contributed by atoms with Crippen LogP contribution < -0.4 is 4.74 Å². The lowest BCUT2D eigenvalue weighted by atomic mass is 10.2. The third-order valence-corrected chi connectivity index (χ3v) is 4.92. The Kier molecular flexibility index (Phi) is 4.25. The number of hydrogen-bond donors (Lipinski definition) is 0. The Bertz CT molecular complexity index is 699. The van der Waals surface area contributed by atoms with Crippen molar-refractivity contribution < 1.29 is 13.2 Å². The molecule has 2 aromatic carbocycles. The maximum absolute atomic E-state index is 12.6. The van der Waals surface area contributed by atoms with Crippen LogP contribution in [-0.2, 0) is 9.84 Å². The molecule has 0 radical (unpaired) electrons. The lowest BCUT2D eigenvalue weighted by molar-refractivity contribution is 0.415. The number of hydrogen-bond acceptors (Lipinski definition) is 3. The molecule has 0 N–H and O–H groups in total. The first-order chi connectivity index (χ1) is 9.59. The van der Waals surface area contributed by atoms with Gasteiger partial charge < -0.3 is 4.74 Å². The lowest BCUT2D eigenvalue weighted by Crippen LogP contribution is -2.04. The van der Waals surface area contributed by atoms with Crippen LogP contribution in [0.1, 0.15) is 12.5 Å². The van der Waals surface area contributed by atoms with E-state index in [-0.39, 0.29) is 0 Å². The van der Waals surface area contributed by atoms with E-state index < -0.39 is 9.84 Å². The summed E-state index contributed by atoms with van der Waals surface area (Å²) in [5.41, 5.74) is 0.650. The first-order valence-corrected chi connectivity index (χ1v) is 7.69. The standard InChI is InChI=1S/C16H16O3S/c1-3-16(13-9-11-14(19-2)12-10-13)20(17,18)15-7-5-4-6-8-15/h3-12H,1-2H3/b16-3+. The van der Waals surface area contributed by atoms with Gasteiger partial charge in [-0.2, -0.15) is 0 Å². The van der Waals surface area contributed by atoms with Crippen LogP contribution in [0.25, 0.3) is 4.91 Å². The molecule has 0 aliphatic carbocycles. The van der Waals surface area contributed by atoms with Crippen LogP contribution in [0.2, 0.25) is 0 Å². The predicted molar refractivity (Wildman–Crippen MR) is 80.3 cm³/mol. The van der Waals surface area contributed by atoms with E-state index in [0.29, 0.717) is 21.1 Å². The number of allylic oxidation sites excluding steroid dienone is 1. The molecular formula is C16H16O3S. The van der Waals surface area contributed by atoms with Crippen LogP contribution in [0.4, 0.5) is 0 Å². The molecule has 2 rings (SSSR count). The van der Waals surface area contributed by atoms with Gasteiger partial charge in [-0.15, -0.1) is 0 Å². The molecule has 0 fully saturated rings. The van der Waals surface area contributed by atoms with Gasteiger partial charge in [-0.1, -0.05) is 24.3 Å². The fourth-order valence-electron chi connectivity index (χ4n) is 1.96. The Morgan fingerprint density at radius 3 is 2.10 bits per heavy atom. The Labute approximate surface area is 119 Å². The van der Waals surface area contributed by atoms with Gasteiger partial charge >= 0.3 is 0 Å². The van der Waals surface area contributed by atoms with Crippen LogP contribution in [-0.4, -0.2) is 15.5 Å². The quantitative estimate of drug-likeness (QED) is 0.864. The second-order valence-corrected chi connectivity index (χ2v) is 6.12. The molecule has 0 aliphatic rings. The van der Waals surface area contributed by atoms with Gasteiger partial charge in [-0.3, -0.25) is 0 Å². The van der Waals surface area contributed by atoms with E-state index in [2.05, 4.69) is 0 Å². The summed E-state index contributed by atoms with van der Waals surface area (Å²) >= 11 is 0. The van der Waals surface area contributed by atoms with Crippen LogP contribution in [0, 0.1) is 0 Å². The average molecular weight is 288 g/mol. The molecule has 0 bridgehead atoms. The summed E-state index contributed by atoms with van der Waals surface area (Å²) in [7, 11) is -1.93. The number of sulfone groups is 1. The molecule has 0 saturated heterocycles. The van der Waals surface area contributed by atoms with Crippen molar-refractivity contribution in [2.24, 2.45) is 0 Å². The van der Waals surface area contributed by atoms with E-state index in [9.17, 15) is 8.42 Å².